The number of aromatic nitrogens is 2. The number of carbonyl (C=O) groups is 1. The zero-order chi connectivity index (χ0) is 19.7. The Morgan fingerprint density at radius 3 is 2.71 bits per heavy atom. The van der Waals surface area contributed by atoms with E-state index in [-0.39, 0.29) is 11.2 Å². The van der Waals surface area contributed by atoms with E-state index in [0.717, 1.165) is 39.6 Å². The lowest BCUT2D eigenvalue weighted by Gasteiger charge is -2.16. The lowest BCUT2D eigenvalue weighted by Crippen LogP contribution is -2.15. The number of hydrogen-bond acceptors (Lipinski definition) is 4. The van der Waals surface area contributed by atoms with E-state index < -0.39 is 0 Å². The molecule has 1 N–H and O–H groups in total. The fourth-order valence-electron chi connectivity index (χ4n) is 3.50. The minimum atomic E-state index is -0.00603. The summed E-state index contributed by atoms with van der Waals surface area (Å²) in [6.07, 6.45) is 0. The number of aryl methyl sites for hydroxylation is 2. The number of ether oxygens (including phenoxy) is 1. The third-order valence-electron chi connectivity index (χ3n) is 4.75. The first kappa shape index (κ1) is 18.6. The van der Waals surface area contributed by atoms with Gasteiger partial charge in [-0.25, -0.2) is 4.68 Å². The second kappa shape index (κ2) is 7.72. The average Bonchev–Trinajstić information content (AvgIpc) is 2.89. The molecule has 2 heterocycles. The van der Waals surface area contributed by atoms with Gasteiger partial charge in [-0.3, -0.25) is 4.79 Å². The van der Waals surface area contributed by atoms with Crippen molar-refractivity contribution < 1.29 is 9.53 Å². The van der Waals surface area contributed by atoms with Gasteiger partial charge in [-0.1, -0.05) is 24.3 Å². The summed E-state index contributed by atoms with van der Waals surface area (Å²) in [5.74, 6) is 2.01. The molecule has 1 amide bonds. The highest BCUT2D eigenvalue weighted by molar-refractivity contribution is 8.00. The SMILES string of the molecule is CCOc1ccc(C2SCC(=O)Nc3c2c(C)nn3-c2cccc(C)c2)cc1. The highest BCUT2D eigenvalue weighted by atomic mass is 32.2. The number of hydrogen-bond donors (Lipinski definition) is 1. The van der Waals surface area contributed by atoms with E-state index >= 15 is 0 Å². The fraction of sp³-hybridized carbons (Fsp3) is 0.273. The quantitative estimate of drug-likeness (QED) is 0.700. The summed E-state index contributed by atoms with van der Waals surface area (Å²) >= 11 is 1.63. The van der Waals surface area contributed by atoms with Crippen molar-refractivity contribution in [3.8, 4) is 11.4 Å². The first-order chi connectivity index (χ1) is 13.6. The second-order valence-electron chi connectivity index (χ2n) is 6.84. The van der Waals surface area contributed by atoms with Crippen LogP contribution in [0, 0.1) is 13.8 Å². The van der Waals surface area contributed by atoms with Gasteiger partial charge in [-0.2, -0.15) is 5.10 Å². The molecule has 0 bridgehead atoms. The Morgan fingerprint density at radius 1 is 1.21 bits per heavy atom. The monoisotopic (exact) mass is 393 g/mol. The zero-order valence-corrected chi connectivity index (χ0v) is 17.0. The number of thioether (sulfide) groups is 1. The first-order valence-corrected chi connectivity index (χ1v) is 10.4. The molecule has 0 spiro atoms. The van der Waals surface area contributed by atoms with Gasteiger partial charge in [-0.15, -0.1) is 11.8 Å². The Hall–Kier alpha value is -2.73. The molecule has 1 aromatic heterocycles. The van der Waals surface area contributed by atoms with E-state index in [0.29, 0.717) is 12.4 Å². The molecule has 3 aromatic rings. The minimum Gasteiger partial charge on any atom is -0.494 e. The standard InChI is InChI=1S/C22H23N3O2S/c1-4-27-18-10-8-16(9-11-18)21-20-15(3)24-25(17-7-5-6-14(2)12-17)22(20)23-19(26)13-28-21/h5-12,21H,4,13H2,1-3H3,(H,23,26). The largest absolute Gasteiger partial charge is 0.494 e. The molecule has 0 saturated carbocycles. The van der Waals surface area contributed by atoms with E-state index in [2.05, 4.69) is 36.5 Å². The Morgan fingerprint density at radius 2 is 2.00 bits per heavy atom. The Kier molecular flexibility index (Phi) is 5.13. The van der Waals surface area contributed by atoms with E-state index in [4.69, 9.17) is 9.84 Å². The molecule has 2 aromatic carbocycles. The second-order valence-corrected chi connectivity index (χ2v) is 7.93. The lowest BCUT2D eigenvalue weighted by molar-refractivity contribution is -0.113. The van der Waals surface area contributed by atoms with Gasteiger partial charge in [0.2, 0.25) is 5.91 Å². The Balaban J connectivity index is 1.81. The van der Waals surface area contributed by atoms with Crippen LogP contribution >= 0.6 is 11.8 Å². The first-order valence-electron chi connectivity index (χ1n) is 9.37. The van der Waals surface area contributed by atoms with Crippen LogP contribution in [0.5, 0.6) is 5.75 Å². The molecule has 0 fully saturated rings. The summed E-state index contributed by atoms with van der Waals surface area (Å²) < 4.78 is 7.42. The summed E-state index contributed by atoms with van der Waals surface area (Å²) in [5, 5.41) is 7.87. The van der Waals surface area contributed by atoms with Gasteiger partial charge in [0, 0.05) is 5.56 Å². The molecule has 1 unspecified atom stereocenters. The number of anilines is 1. The Bertz CT molecular complexity index is 1010. The molecule has 1 aliphatic heterocycles. The van der Waals surface area contributed by atoms with Crippen LogP contribution in [0.15, 0.2) is 48.5 Å². The number of carbonyl (C=O) groups excluding carboxylic acids is 1. The molecular weight excluding hydrogens is 370 g/mol. The molecule has 144 valence electrons. The van der Waals surface area contributed by atoms with E-state index in [1.54, 1.807) is 11.8 Å². The van der Waals surface area contributed by atoms with Gasteiger partial charge in [0.25, 0.3) is 0 Å². The highest BCUT2D eigenvalue weighted by Gasteiger charge is 2.30. The minimum absolute atomic E-state index is 0.00603. The fourth-order valence-corrected chi connectivity index (χ4v) is 4.69. The van der Waals surface area contributed by atoms with Crippen molar-refractivity contribution in [2.75, 3.05) is 17.7 Å². The van der Waals surface area contributed by atoms with Crippen LogP contribution < -0.4 is 10.1 Å². The van der Waals surface area contributed by atoms with Crippen molar-refractivity contribution in [2.45, 2.75) is 26.0 Å². The van der Waals surface area contributed by atoms with E-state index in [1.807, 2.05) is 42.8 Å². The maximum atomic E-state index is 12.4. The third kappa shape index (κ3) is 3.52. The normalized spacial score (nSPS) is 16.2. The van der Waals surface area contributed by atoms with Gasteiger partial charge in [0.05, 0.1) is 29.0 Å². The molecule has 28 heavy (non-hydrogen) atoms. The number of amides is 1. The summed E-state index contributed by atoms with van der Waals surface area (Å²) in [6, 6.07) is 16.3. The van der Waals surface area contributed by atoms with Crippen molar-refractivity contribution in [1.82, 2.24) is 9.78 Å². The Labute approximate surface area is 169 Å². The number of rotatable bonds is 4. The summed E-state index contributed by atoms with van der Waals surface area (Å²) in [4.78, 5) is 12.4. The summed E-state index contributed by atoms with van der Waals surface area (Å²) in [5.41, 5.74) is 5.21. The number of nitrogens with one attached hydrogen (secondary N) is 1. The highest BCUT2D eigenvalue weighted by Crippen LogP contribution is 2.44. The molecule has 0 aliphatic carbocycles. The average molecular weight is 394 g/mol. The van der Waals surface area contributed by atoms with Crippen LogP contribution in [0.2, 0.25) is 0 Å². The molecule has 1 aliphatic rings. The van der Waals surface area contributed by atoms with Gasteiger partial charge in [0.1, 0.15) is 11.6 Å². The van der Waals surface area contributed by atoms with Crippen LogP contribution in [-0.4, -0.2) is 28.0 Å². The van der Waals surface area contributed by atoms with Crippen LogP contribution in [0.1, 0.15) is 34.6 Å². The van der Waals surface area contributed by atoms with Crippen LogP contribution in [0.25, 0.3) is 5.69 Å². The smallest absolute Gasteiger partial charge is 0.235 e. The lowest BCUT2D eigenvalue weighted by atomic mass is 10.0. The van der Waals surface area contributed by atoms with Crippen LogP contribution in [0.3, 0.4) is 0 Å². The third-order valence-corrected chi connectivity index (χ3v) is 6.02. The van der Waals surface area contributed by atoms with E-state index in [9.17, 15) is 4.79 Å². The van der Waals surface area contributed by atoms with E-state index in [1.165, 1.54) is 0 Å². The number of benzene rings is 2. The molecule has 4 rings (SSSR count). The maximum Gasteiger partial charge on any atom is 0.235 e. The summed E-state index contributed by atoms with van der Waals surface area (Å²) in [7, 11) is 0. The molecule has 0 saturated heterocycles. The van der Waals surface area contributed by atoms with Crippen molar-refractivity contribution in [3.05, 3.63) is 70.9 Å². The van der Waals surface area contributed by atoms with Gasteiger partial charge < -0.3 is 10.1 Å². The van der Waals surface area contributed by atoms with Crippen LogP contribution in [-0.2, 0) is 4.79 Å². The molecule has 6 heteroatoms. The number of fused-ring (bicyclic) bond motifs is 1. The molecule has 0 radical (unpaired) electrons. The van der Waals surface area contributed by atoms with Crippen molar-refractivity contribution in [3.63, 3.8) is 0 Å². The van der Waals surface area contributed by atoms with Gasteiger partial charge in [-0.05, 0) is 56.2 Å². The van der Waals surface area contributed by atoms with Gasteiger partial charge in [0.15, 0.2) is 0 Å². The molecule has 5 nitrogen and oxygen atoms in total. The summed E-state index contributed by atoms with van der Waals surface area (Å²) in [6.45, 7) is 6.67. The molecule has 1 atom stereocenters. The topological polar surface area (TPSA) is 56.1 Å². The van der Waals surface area contributed by atoms with Crippen molar-refractivity contribution in [2.24, 2.45) is 0 Å². The van der Waals surface area contributed by atoms with Crippen molar-refractivity contribution in [1.29, 1.82) is 0 Å². The number of nitrogens with zero attached hydrogens (tertiary/aromatic N) is 2. The molecular formula is C22H23N3O2S. The predicted molar refractivity (Wildman–Crippen MR) is 114 cm³/mol. The zero-order valence-electron chi connectivity index (χ0n) is 16.2. The predicted octanol–water partition coefficient (Wildman–Crippen LogP) is 4.66. The van der Waals surface area contributed by atoms with Crippen molar-refractivity contribution >= 4 is 23.5 Å². The maximum absolute atomic E-state index is 12.4. The van der Waals surface area contributed by atoms with Gasteiger partial charge >= 0.3 is 0 Å². The van der Waals surface area contributed by atoms with Crippen LogP contribution in [0.4, 0.5) is 5.82 Å².